The zero-order chi connectivity index (χ0) is 24.5. The first kappa shape index (κ1) is 22.8. The molecule has 0 saturated carbocycles. The first-order valence-electron chi connectivity index (χ1n) is 12.8. The van der Waals surface area contributed by atoms with E-state index in [-0.39, 0.29) is 12.5 Å². The number of hydrogen-bond acceptors (Lipinski definition) is 4. The number of nitrogens with zero attached hydrogens (tertiary/aromatic N) is 2. The summed E-state index contributed by atoms with van der Waals surface area (Å²) < 4.78 is 0. The molecule has 6 rings (SSSR count). The van der Waals surface area contributed by atoms with Gasteiger partial charge in [0.2, 0.25) is 0 Å². The zero-order valence-electron chi connectivity index (χ0n) is 20.9. The highest BCUT2D eigenvalue weighted by molar-refractivity contribution is 5.53. The summed E-state index contributed by atoms with van der Waals surface area (Å²) in [5.74, 6) is 0. The SMILES string of the molecule is Cc1ccc(N2CCc3ccccc3C2OOC2c3ccccc3CCN2c2ccc(C)cc2)cc1. The summed E-state index contributed by atoms with van der Waals surface area (Å²) >= 11 is 0. The maximum atomic E-state index is 6.46. The molecule has 0 bridgehead atoms. The molecule has 0 radical (unpaired) electrons. The van der Waals surface area contributed by atoms with E-state index < -0.39 is 0 Å². The van der Waals surface area contributed by atoms with Gasteiger partial charge in [-0.05, 0) is 62.1 Å². The highest BCUT2D eigenvalue weighted by Crippen LogP contribution is 2.39. The van der Waals surface area contributed by atoms with Crippen LogP contribution in [0.3, 0.4) is 0 Å². The summed E-state index contributed by atoms with van der Waals surface area (Å²) in [5, 5.41) is 0. The summed E-state index contributed by atoms with van der Waals surface area (Å²) in [7, 11) is 0. The smallest absolute Gasteiger partial charge is 0.191 e. The number of anilines is 2. The first-order chi connectivity index (χ1) is 17.7. The third-order valence-corrected chi connectivity index (χ3v) is 7.42. The van der Waals surface area contributed by atoms with Crippen LogP contribution in [-0.2, 0) is 22.6 Å². The van der Waals surface area contributed by atoms with Gasteiger partial charge in [0, 0.05) is 35.6 Å². The predicted octanol–water partition coefficient (Wildman–Crippen LogP) is 7.07. The molecule has 2 atom stereocenters. The van der Waals surface area contributed by atoms with Gasteiger partial charge in [-0.25, -0.2) is 9.78 Å². The molecule has 36 heavy (non-hydrogen) atoms. The van der Waals surface area contributed by atoms with Crippen LogP contribution in [0, 0.1) is 13.8 Å². The van der Waals surface area contributed by atoms with Gasteiger partial charge in [-0.3, -0.25) is 0 Å². The minimum atomic E-state index is -0.327. The molecule has 0 spiro atoms. The molecule has 4 heteroatoms. The van der Waals surface area contributed by atoms with Gasteiger partial charge in [0.1, 0.15) is 0 Å². The minimum absolute atomic E-state index is 0.327. The molecule has 0 N–H and O–H groups in total. The van der Waals surface area contributed by atoms with Gasteiger partial charge in [0.05, 0.1) is 0 Å². The topological polar surface area (TPSA) is 24.9 Å². The second-order valence-corrected chi connectivity index (χ2v) is 9.85. The van der Waals surface area contributed by atoms with Crippen LogP contribution >= 0.6 is 0 Å². The lowest BCUT2D eigenvalue weighted by Crippen LogP contribution is -2.40. The Labute approximate surface area is 213 Å². The van der Waals surface area contributed by atoms with Crippen molar-refractivity contribution in [2.24, 2.45) is 0 Å². The predicted molar refractivity (Wildman–Crippen MR) is 145 cm³/mol. The molecule has 0 amide bonds. The van der Waals surface area contributed by atoms with Crippen LogP contribution in [0.5, 0.6) is 0 Å². The second kappa shape index (κ2) is 9.81. The molecular formula is C32H32N2O2. The molecule has 0 aliphatic carbocycles. The number of fused-ring (bicyclic) bond motifs is 2. The van der Waals surface area contributed by atoms with Gasteiger partial charge in [0.15, 0.2) is 12.5 Å². The maximum Gasteiger partial charge on any atom is 0.191 e. The van der Waals surface area contributed by atoms with Crippen LogP contribution in [0.15, 0.2) is 97.1 Å². The molecule has 2 aliphatic heterocycles. The number of benzene rings is 4. The quantitative estimate of drug-likeness (QED) is 0.227. The van der Waals surface area contributed by atoms with Gasteiger partial charge in [-0.15, -0.1) is 0 Å². The minimum Gasteiger partial charge on any atom is -0.340 e. The molecule has 182 valence electrons. The van der Waals surface area contributed by atoms with Gasteiger partial charge < -0.3 is 9.80 Å². The van der Waals surface area contributed by atoms with E-state index in [1.165, 1.54) is 22.3 Å². The Balaban J connectivity index is 1.34. The van der Waals surface area contributed by atoms with Crippen LogP contribution in [0.25, 0.3) is 0 Å². The van der Waals surface area contributed by atoms with Crippen molar-refractivity contribution < 1.29 is 9.78 Å². The van der Waals surface area contributed by atoms with Gasteiger partial charge in [0.25, 0.3) is 0 Å². The lowest BCUT2D eigenvalue weighted by atomic mass is 9.97. The maximum absolute atomic E-state index is 6.46. The molecule has 4 nitrogen and oxygen atoms in total. The summed E-state index contributed by atoms with van der Waals surface area (Å²) in [6.07, 6.45) is 1.30. The van der Waals surface area contributed by atoms with E-state index in [0.29, 0.717) is 0 Å². The van der Waals surface area contributed by atoms with E-state index in [0.717, 1.165) is 48.4 Å². The molecule has 4 aromatic carbocycles. The fourth-order valence-corrected chi connectivity index (χ4v) is 5.37. The van der Waals surface area contributed by atoms with Gasteiger partial charge >= 0.3 is 0 Å². The third-order valence-electron chi connectivity index (χ3n) is 7.42. The standard InChI is InChI=1S/C32H32N2O2/c1-23-11-15-27(16-12-23)33-21-19-25-7-3-5-9-29(25)31(33)35-36-32-30-10-6-4-8-26(30)20-22-34(32)28-17-13-24(2)14-18-28/h3-18,31-32H,19-22H2,1-2H3. The Hall–Kier alpha value is -3.60. The third kappa shape index (κ3) is 4.39. The summed E-state index contributed by atoms with van der Waals surface area (Å²) in [6.45, 7) is 5.98. The summed E-state index contributed by atoms with van der Waals surface area (Å²) in [6, 6.07) is 34.4. The van der Waals surface area contributed by atoms with Crippen LogP contribution in [0.2, 0.25) is 0 Å². The van der Waals surface area contributed by atoms with E-state index >= 15 is 0 Å². The Bertz CT molecular complexity index is 1230. The highest BCUT2D eigenvalue weighted by Gasteiger charge is 2.34. The fourth-order valence-electron chi connectivity index (χ4n) is 5.37. The summed E-state index contributed by atoms with van der Waals surface area (Å²) in [4.78, 5) is 17.5. The van der Waals surface area contributed by atoms with Crippen molar-refractivity contribution in [1.82, 2.24) is 0 Å². The second-order valence-electron chi connectivity index (χ2n) is 9.85. The first-order valence-corrected chi connectivity index (χ1v) is 12.8. The Morgan fingerprint density at radius 2 is 0.917 bits per heavy atom. The van der Waals surface area contributed by atoms with Crippen molar-refractivity contribution in [2.45, 2.75) is 39.1 Å². The van der Waals surface area contributed by atoms with Crippen LogP contribution in [0.1, 0.15) is 45.8 Å². The lowest BCUT2D eigenvalue weighted by molar-refractivity contribution is -0.358. The zero-order valence-corrected chi connectivity index (χ0v) is 20.9. The molecule has 0 aromatic heterocycles. The van der Waals surface area contributed by atoms with Crippen LogP contribution in [-0.4, -0.2) is 13.1 Å². The van der Waals surface area contributed by atoms with Crippen molar-refractivity contribution in [3.8, 4) is 0 Å². The molecule has 0 fully saturated rings. The Kier molecular flexibility index (Phi) is 6.22. The van der Waals surface area contributed by atoms with Crippen molar-refractivity contribution in [3.63, 3.8) is 0 Å². The molecule has 2 unspecified atom stereocenters. The molecular weight excluding hydrogens is 444 g/mol. The Morgan fingerprint density at radius 3 is 1.33 bits per heavy atom. The molecule has 2 heterocycles. The fraction of sp³-hybridized carbons (Fsp3) is 0.250. The average molecular weight is 477 g/mol. The van der Waals surface area contributed by atoms with E-state index in [1.807, 2.05) is 0 Å². The molecule has 0 saturated heterocycles. The van der Waals surface area contributed by atoms with Crippen molar-refractivity contribution in [1.29, 1.82) is 0 Å². The van der Waals surface area contributed by atoms with Crippen LogP contribution in [0.4, 0.5) is 11.4 Å². The van der Waals surface area contributed by atoms with Crippen LogP contribution < -0.4 is 9.80 Å². The number of aryl methyl sites for hydroxylation is 2. The highest BCUT2D eigenvalue weighted by atomic mass is 17.2. The molecule has 2 aliphatic rings. The van der Waals surface area contributed by atoms with E-state index in [2.05, 4.69) is 121 Å². The largest absolute Gasteiger partial charge is 0.340 e. The normalized spacial score (nSPS) is 19.1. The summed E-state index contributed by atoms with van der Waals surface area (Å²) in [5.41, 5.74) is 9.73. The Morgan fingerprint density at radius 1 is 0.528 bits per heavy atom. The van der Waals surface area contributed by atoms with Gasteiger partial charge in [-0.2, -0.15) is 0 Å². The lowest BCUT2D eigenvalue weighted by Gasteiger charge is -2.41. The average Bonchev–Trinajstić information content (AvgIpc) is 2.92. The number of hydrogen-bond donors (Lipinski definition) is 0. The van der Waals surface area contributed by atoms with Crippen molar-refractivity contribution in [2.75, 3.05) is 22.9 Å². The van der Waals surface area contributed by atoms with E-state index in [1.54, 1.807) is 0 Å². The van der Waals surface area contributed by atoms with Gasteiger partial charge in [-0.1, -0.05) is 83.9 Å². The van der Waals surface area contributed by atoms with E-state index in [9.17, 15) is 0 Å². The number of rotatable bonds is 5. The van der Waals surface area contributed by atoms with Crippen molar-refractivity contribution in [3.05, 3.63) is 130 Å². The van der Waals surface area contributed by atoms with Crippen molar-refractivity contribution >= 4 is 11.4 Å². The molecule has 4 aromatic rings. The monoisotopic (exact) mass is 476 g/mol. The van der Waals surface area contributed by atoms with E-state index in [4.69, 9.17) is 9.78 Å².